The number of rotatable bonds is 5. The first-order valence-electron chi connectivity index (χ1n) is 8.58. The molecule has 8 heteroatoms. The third-order valence-corrected chi connectivity index (χ3v) is 6.83. The summed E-state index contributed by atoms with van der Waals surface area (Å²) in [5.41, 5.74) is 2.66. The maximum Gasteiger partial charge on any atom is 0.279 e. The number of aromatic nitrogens is 1. The highest BCUT2D eigenvalue weighted by Crippen LogP contribution is 2.14. The average molecular weight is 416 g/mol. The summed E-state index contributed by atoms with van der Waals surface area (Å²) in [5.74, 6) is -0.408. The van der Waals surface area contributed by atoms with Crippen molar-refractivity contribution in [2.24, 2.45) is 4.99 Å². The van der Waals surface area contributed by atoms with E-state index in [1.807, 2.05) is 35.2 Å². The standard InChI is InChI=1S/C20H21N3O3S2/c1-15-4-6-16(7-5-15)14-23-12-13-27-20(23)21-19(24)17-8-10-18(11-9-17)28(25,26)22(2)3/h4-13H,14H2,1-3H3. The molecule has 0 aliphatic heterocycles. The topological polar surface area (TPSA) is 71.7 Å². The third-order valence-electron chi connectivity index (χ3n) is 4.21. The highest BCUT2D eigenvalue weighted by atomic mass is 32.2. The Morgan fingerprint density at radius 2 is 1.71 bits per heavy atom. The number of aryl methyl sites for hydroxylation is 1. The molecule has 0 radical (unpaired) electrons. The highest BCUT2D eigenvalue weighted by molar-refractivity contribution is 7.89. The smallest absolute Gasteiger partial charge is 0.279 e. The molecule has 2 aromatic carbocycles. The SMILES string of the molecule is Cc1ccc(Cn2ccsc2=NC(=O)c2ccc(S(=O)(=O)N(C)C)cc2)cc1. The molecule has 1 amide bonds. The monoisotopic (exact) mass is 415 g/mol. The lowest BCUT2D eigenvalue weighted by Crippen LogP contribution is -2.22. The lowest BCUT2D eigenvalue weighted by molar-refractivity contribution is 0.0997. The number of carbonyl (C=O) groups is 1. The van der Waals surface area contributed by atoms with E-state index in [1.165, 1.54) is 55.3 Å². The molecule has 0 saturated heterocycles. The summed E-state index contributed by atoms with van der Waals surface area (Å²) in [4.78, 5) is 17.5. The van der Waals surface area contributed by atoms with Gasteiger partial charge in [-0.2, -0.15) is 4.99 Å². The first kappa shape index (κ1) is 20.2. The predicted molar refractivity (Wildman–Crippen MR) is 110 cm³/mol. The van der Waals surface area contributed by atoms with Gasteiger partial charge in [-0.1, -0.05) is 29.8 Å². The van der Waals surface area contributed by atoms with Crippen molar-refractivity contribution in [3.63, 3.8) is 0 Å². The van der Waals surface area contributed by atoms with E-state index in [0.29, 0.717) is 16.9 Å². The molecule has 0 atom stereocenters. The molecule has 0 aliphatic carbocycles. The van der Waals surface area contributed by atoms with Gasteiger partial charge < -0.3 is 4.57 Å². The van der Waals surface area contributed by atoms with Crippen LogP contribution in [0.5, 0.6) is 0 Å². The van der Waals surface area contributed by atoms with Crippen LogP contribution in [-0.4, -0.2) is 37.3 Å². The van der Waals surface area contributed by atoms with Crippen LogP contribution in [0.25, 0.3) is 0 Å². The average Bonchev–Trinajstić information content (AvgIpc) is 3.10. The van der Waals surface area contributed by atoms with Crippen LogP contribution in [0.3, 0.4) is 0 Å². The highest BCUT2D eigenvalue weighted by Gasteiger charge is 2.17. The number of nitrogens with zero attached hydrogens (tertiary/aromatic N) is 3. The van der Waals surface area contributed by atoms with Crippen LogP contribution in [0.2, 0.25) is 0 Å². The van der Waals surface area contributed by atoms with E-state index in [9.17, 15) is 13.2 Å². The fourth-order valence-corrected chi connectivity index (χ4v) is 4.16. The van der Waals surface area contributed by atoms with E-state index in [0.717, 1.165) is 9.87 Å². The number of carbonyl (C=O) groups excluding carboxylic acids is 1. The molecule has 1 aromatic heterocycles. The van der Waals surface area contributed by atoms with Crippen LogP contribution >= 0.6 is 11.3 Å². The fraction of sp³-hybridized carbons (Fsp3) is 0.200. The summed E-state index contributed by atoms with van der Waals surface area (Å²) >= 11 is 1.38. The quantitative estimate of drug-likeness (QED) is 0.643. The molecule has 3 aromatic rings. The largest absolute Gasteiger partial charge is 0.319 e. The number of hydrogen-bond donors (Lipinski definition) is 0. The predicted octanol–water partition coefficient (Wildman–Crippen LogP) is 2.90. The summed E-state index contributed by atoms with van der Waals surface area (Å²) in [6, 6.07) is 14.0. The molecule has 1 heterocycles. The van der Waals surface area contributed by atoms with E-state index in [2.05, 4.69) is 17.1 Å². The minimum Gasteiger partial charge on any atom is -0.319 e. The molecule has 0 bridgehead atoms. The van der Waals surface area contributed by atoms with Crippen LogP contribution in [0, 0.1) is 6.92 Å². The van der Waals surface area contributed by atoms with Crippen molar-refractivity contribution in [2.75, 3.05) is 14.1 Å². The van der Waals surface area contributed by atoms with E-state index in [1.54, 1.807) is 0 Å². The zero-order chi connectivity index (χ0) is 20.3. The summed E-state index contributed by atoms with van der Waals surface area (Å²) in [7, 11) is -0.593. The molecule has 28 heavy (non-hydrogen) atoms. The van der Waals surface area contributed by atoms with Gasteiger partial charge in [-0.25, -0.2) is 12.7 Å². The minimum absolute atomic E-state index is 0.139. The summed E-state index contributed by atoms with van der Waals surface area (Å²) in [5, 5.41) is 1.88. The van der Waals surface area contributed by atoms with Gasteiger partial charge >= 0.3 is 0 Å². The lowest BCUT2D eigenvalue weighted by Gasteiger charge is -2.11. The Hall–Kier alpha value is -2.55. The molecular formula is C20H21N3O3S2. The second-order valence-corrected chi connectivity index (χ2v) is 9.55. The Morgan fingerprint density at radius 3 is 2.32 bits per heavy atom. The van der Waals surface area contributed by atoms with Crippen LogP contribution in [-0.2, 0) is 16.6 Å². The van der Waals surface area contributed by atoms with Gasteiger partial charge in [0.1, 0.15) is 0 Å². The summed E-state index contributed by atoms with van der Waals surface area (Å²) in [6.45, 7) is 2.66. The number of amides is 1. The molecule has 0 aliphatic rings. The Morgan fingerprint density at radius 1 is 1.07 bits per heavy atom. The van der Waals surface area contributed by atoms with Gasteiger partial charge in [0.05, 0.1) is 4.90 Å². The van der Waals surface area contributed by atoms with Crippen LogP contribution in [0.1, 0.15) is 21.5 Å². The second-order valence-electron chi connectivity index (χ2n) is 6.53. The van der Waals surface area contributed by atoms with E-state index < -0.39 is 15.9 Å². The zero-order valence-corrected chi connectivity index (χ0v) is 17.5. The maximum atomic E-state index is 12.5. The Balaban J connectivity index is 1.84. The molecule has 146 valence electrons. The number of benzene rings is 2. The Labute approximate surface area is 168 Å². The first-order valence-corrected chi connectivity index (χ1v) is 10.9. The molecule has 0 unspecified atom stereocenters. The molecule has 3 rings (SSSR count). The van der Waals surface area contributed by atoms with Crippen LogP contribution in [0.15, 0.2) is 70.0 Å². The second kappa shape index (κ2) is 8.22. The summed E-state index contributed by atoms with van der Waals surface area (Å²) in [6.07, 6.45) is 1.89. The molecule has 0 spiro atoms. The van der Waals surface area contributed by atoms with Crippen molar-refractivity contribution < 1.29 is 13.2 Å². The van der Waals surface area contributed by atoms with Crippen molar-refractivity contribution in [1.82, 2.24) is 8.87 Å². The first-order chi connectivity index (χ1) is 13.3. The van der Waals surface area contributed by atoms with Gasteiger partial charge in [0.2, 0.25) is 10.0 Å². The van der Waals surface area contributed by atoms with E-state index >= 15 is 0 Å². The van der Waals surface area contributed by atoms with E-state index in [-0.39, 0.29) is 4.90 Å². The third kappa shape index (κ3) is 4.46. The number of hydrogen-bond acceptors (Lipinski definition) is 4. The molecule has 0 saturated carbocycles. The fourth-order valence-electron chi connectivity index (χ4n) is 2.53. The van der Waals surface area contributed by atoms with Crippen molar-refractivity contribution in [3.8, 4) is 0 Å². The molecule has 6 nitrogen and oxygen atoms in total. The molecule has 0 fully saturated rings. The van der Waals surface area contributed by atoms with Crippen molar-refractivity contribution >= 4 is 27.3 Å². The van der Waals surface area contributed by atoms with Crippen LogP contribution in [0.4, 0.5) is 0 Å². The Kier molecular flexibility index (Phi) is 5.93. The molecule has 0 N–H and O–H groups in total. The Bertz CT molecular complexity index is 1140. The van der Waals surface area contributed by atoms with E-state index in [4.69, 9.17) is 0 Å². The van der Waals surface area contributed by atoms with Gasteiger partial charge in [0.15, 0.2) is 4.80 Å². The summed E-state index contributed by atoms with van der Waals surface area (Å²) < 4.78 is 27.3. The molecular weight excluding hydrogens is 394 g/mol. The van der Waals surface area contributed by atoms with Gasteiger partial charge in [0, 0.05) is 37.8 Å². The van der Waals surface area contributed by atoms with Crippen molar-refractivity contribution in [1.29, 1.82) is 0 Å². The number of thiazole rings is 1. The van der Waals surface area contributed by atoms with Gasteiger partial charge in [-0.3, -0.25) is 4.79 Å². The van der Waals surface area contributed by atoms with Crippen molar-refractivity contribution in [2.45, 2.75) is 18.4 Å². The minimum atomic E-state index is -3.52. The van der Waals surface area contributed by atoms with Gasteiger partial charge in [-0.05, 0) is 36.8 Å². The number of sulfonamides is 1. The van der Waals surface area contributed by atoms with Gasteiger partial charge in [-0.15, -0.1) is 11.3 Å². The zero-order valence-electron chi connectivity index (χ0n) is 15.9. The van der Waals surface area contributed by atoms with Gasteiger partial charge in [0.25, 0.3) is 5.91 Å². The van der Waals surface area contributed by atoms with Crippen LogP contribution < -0.4 is 4.80 Å². The maximum absolute atomic E-state index is 12.5. The normalized spacial score (nSPS) is 12.5. The van der Waals surface area contributed by atoms with Crippen molar-refractivity contribution in [3.05, 3.63) is 81.6 Å². The lowest BCUT2D eigenvalue weighted by atomic mass is 10.1.